The Morgan fingerprint density at radius 1 is 1.26 bits per heavy atom. The van der Waals surface area contributed by atoms with Crippen molar-refractivity contribution in [2.45, 2.75) is 33.5 Å². The predicted octanol–water partition coefficient (Wildman–Crippen LogP) is 2.17. The molecule has 1 aromatic heterocycles. The minimum atomic E-state index is -0.0228. The first-order valence-electron chi connectivity index (χ1n) is 7.60. The van der Waals surface area contributed by atoms with Crippen LogP contribution < -0.4 is 16.6 Å². The molecule has 0 aliphatic rings. The van der Waals surface area contributed by atoms with Gasteiger partial charge in [0.1, 0.15) is 0 Å². The van der Waals surface area contributed by atoms with Gasteiger partial charge in [-0.2, -0.15) is 5.10 Å². The molecule has 0 aliphatic heterocycles. The molecule has 0 bridgehead atoms. The molecule has 6 heteroatoms. The van der Waals surface area contributed by atoms with E-state index in [2.05, 4.69) is 24.3 Å². The number of hydrogen-bond acceptors (Lipinski definition) is 4. The summed E-state index contributed by atoms with van der Waals surface area (Å²) in [5.74, 6) is 0.363. The van der Waals surface area contributed by atoms with E-state index in [1.807, 2.05) is 37.4 Å². The van der Waals surface area contributed by atoms with Crippen molar-refractivity contribution >= 4 is 12.4 Å². The first kappa shape index (κ1) is 19.4. The third kappa shape index (κ3) is 4.89. The lowest BCUT2D eigenvalue weighted by atomic mass is 10.1. The van der Waals surface area contributed by atoms with Gasteiger partial charge in [-0.15, -0.1) is 12.4 Å². The first-order chi connectivity index (χ1) is 10.5. The highest BCUT2D eigenvalue weighted by Gasteiger charge is 2.10. The number of halogens is 1. The van der Waals surface area contributed by atoms with Crippen LogP contribution in [0.2, 0.25) is 0 Å². The largest absolute Gasteiger partial charge is 0.326 e. The van der Waals surface area contributed by atoms with Crippen molar-refractivity contribution in [3.05, 3.63) is 51.8 Å². The smallest absolute Gasteiger partial charge is 0.271 e. The lowest BCUT2D eigenvalue weighted by Gasteiger charge is -2.12. The summed E-state index contributed by atoms with van der Waals surface area (Å²) in [4.78, 5) is 12.4. The zero-order valence-corrected chi connectivity index (χ0v) is 14.7. The topological polar surface area (TPSA) is 72.9 Å². The zero-order chi connectivity index (χ0) is 16.1. The Balaban J connectivity index is 0.00000264. The molecule has 126 valence electrons. The maximum absolute atomic E-state index is 12.4. The highest BCUT2D eigenvalue weighted by Crippen LogP contribution is 2.17. The van der Waals surface area contributed by atoms with Crippen LogP contribution in [0.15, 0.2) is 35.1 Å². The third-order valence-electron chi connectivity index (χ3n) is 3.44. The predicted molar refractivity (Wildman–Crippen MR) is 96.7 cm³/mol. The van der Waals surface area contributed by atoms with Gasteiger partial charge in [0.05, 0.1) is 5.69 Å². The van der Waals surface area contributed by atoms with E-state index in [0.29, 0.717) is 25.6 Å². The normalized spacial score (nSPS) is 10.7. The monoisotopic (exact) mass is 336 g/mol. The van der Waals surface area contributed by atoms with Crippen molar-refractivity contribution in [3.63, 3.8) is 0 Å². The summed E-state index contributed by atoms with van der Waals surface area (Å²) in [6, 6.07) is 9.85. The molecule has 0 radical (unpaired) electrons. The van der Waals surface area contributed by atoms with Crippen LogP contribution in [0.3, 0.4) is 0 Å². The molecule has 0 amide bonds. The van der Waals surface area contributed by atoms with E-state index < -0.39 is 0 Å². The van der Waals surface area contributed by atoms with Gasteiger partial charge in [-0.1, -0.05) is 38.1 Å². The fraction of sp³-hybridized carbons (Fsp3) is 0.412. The van der Waals surface area contributed by atoms with Crippen LogP contribution in [0.25, 0.3) is 11.3 Å². The average Bonchev–Trinajstić information content (AvgIpc) is 2.51. The maximum Gasteiger partial charge on any atom is 0.271 e. The van der Waals surface area contributed by atoms with Gasteiger partial charge < -0.3 is 11.1 Å². The van der Waals surface area contributed by atoms with Crippen LogP contribution >= 0.6 is 12.4 Å². The van der Waals surface area contributed by atoms with Crippen LogP contribution in [-0.2, 0) is 19.6 Å². The first-order valence-corrected chi connectivity index (χ1v) is 7.60. The van der Waals surface area contributed by atoms with Crippen molar-refractivity contribution in [1.29, 1.82) is 0 Å². The van der Waals surface area contributed by atoms with Crippen molar-refractivity contribution in [2.75, 3.05) is 7.05 Å². The molecule has 23 heavy (non-hydrogen) atoms. The second-order valence-corrected chi connectivity index (χ2v) is 5.87. The molecule has 1 heterocycles. The maximum atomic E-state index is 12.4. The number of benzene rings is 1. The van der Waals surface area contributed by atoms with Crippen molar-refractivity contribution < 1.29 is 0 Å². The van der Waals surface area contributed by atoms with Gasteiger partial charge in [0.15, 0.2) is 0 Å². The molecule has 3 N–H and O–H groups in total. The third-order valence-corrected chi connectivity index (χ3v) is 3.44. The van der Waals surface area contributed by atoms with E-state index in [1.165, 1.54) is 0 Å². The van der Waals surface area contributed by atoms with E-state index >= 15 is 0 Å². The van der Waals surface area contributed by atoms with Crippen LogP contribution in [0.1, 0.15) is 25.0 Å². The molecule has 0 aliphatic carbocycles. The molecule has 0 unspecified atom stereocenters. The SMILES string of the molecule is CNCc1cc(-c2ccc(CN)cc2)nn(CC(C)C)c1=O.Cl. The Morgan fingerprint density at radius 3 is 2.43 bits per heavy atom. The Hall–Kier alpha value is -1.69. The summed E-state index contributed by atoms with van der Waals surface area (Å²) in [7, 11) is 1.84. The molecule has 0 spiro atoms. The van der Waals surface area contributed by atoms with Crippen molar-refractivity contribution in [1.82, 2.24) is 15.1 Å². The Labute approximate surface area is 143 Å². The highest BCUT2D eigenvalue weighted by atomic mass is 35.5. The zero-order valence-electron chi connectivity index (χ0n) is 13.9. The Kier molecular flexibility index (Phi) is 7.42. The molecule has 0 fully saturated rings. The minimum Gasteiger partial charge on any atom is -0.326 e. The molecular weight excluding hydrogens is 312 g/mol. The summed E-state index contributed by atoms with van der Waals surface area (Å²) in [5.41, 5.74) is 9.23. The van der Waals surface area contributed by atoms with Gasteiger partial charge in [-0.05, 0) is 24.6 Å². The van der Waals surface area contributed by atoms with E-state index in [-0.39, 0.29) is 18.0 Å². The summed E-state index contributed by atoms with van der Waals surface area (Å²) < 4.78 is 1.57. The Morgan fingerprint density at radius 2 is 1.91 bits per heavy atom. The van der Waals surface area contributed by atoms with Gasteiger partial charge in [-0.3, -0.25) is 4.79 Å². The molecule has 5 nitrogen and oxygen atoms in total. The van der Waals surface area contributed by atoms with Crippen molar-refractivity contribution in [2.24, 2.45) is 11.7 Å². The number of rotatable bonds is 6. The van der Waals surface area contributed by atoms with E-state index in [9.17, 15) is 4.79 Å². The lowest BCUT2D eigenvalue weighted by molar-refractivity contribution is 0.461. The van der Waals surface area contributed by atoms with Crippen LogP contribution in [-0.4, -0.2) is 16.8 Å². The average molecular weight is 337 g/mol. The van der Waals surface area contributed by atoms with E-state index in [1.54, 1.807) is 4.68 Å². The van der Waals surface area contributed by atoms with Crippen LogP contribution in [0.5, 0.6) is 0 Å². The number of aromatic nitrogens is 2. The van der Waals surface area contributed by atoms with E-state index in [4.69, 9.17) is 5.73 Å². The van der Waals surface area contributed by atoms with Gasteiger partial charge in [0, 0.05) is 30.8 Å². The van der Waals surface area contributed by atoms with Crippen LogP contribution in [0, 0.1) is 5.92 Å². The molecule has 1 aromatic carbocycles. The summed E-state index contributed by atoms with van der Waals surface area (Å²) >= 11 is 0. The van der Waals surface area contributed by atoms with Crippen molar-refractivity contribution in [3.8, 4) is 11.3 Å². The minimum absolute atomic E-state index is 0. The van der Waals surface area contributed by atoms with Gasteiger partial charge >= 0.3 is 0 Å². The van der Waals surface area contributed by atoms with Gasteiger partial charge in [0.2, 0.25) is 0 Å². The second kappa shape index (κ2) is 8.82. The number of hydrogen-bond donors (Lipinski definition) is 2. The second-order valence-electron chi connectivity index (χ2n) is 5.87. The number of nitrogens with zero attached hydrogens (tertiary/aromatic N) is 2. The number of nitrogens with one attached hydrogen (secondary N) is 1. The molecule has 0 saturated carbocycles. The summed E-state index contributed by atoms with van der Waals surface area (Å²) in [6.45, 7) is 5.83. The summed E-state index contributed by atoms with van der Waals surface area (Å²) in [6.07, 6.45) is 0. The standard InChI is InChI=1S/C17H24N4O.ClH/c1-12(2)11-21-17(22)15(10-19-3)8-16(20-21)14-6-4-13(9-18)5-7-14;/h4-8,12,19H,9-11,18H2,1-3H3;1H. The van der Waals surface area contributed by atoms with Gasteiger partial charge in [0.25, 0.3) is 5.56 Å². The molecular formula is C17H25ClN4O. The van der Waals surface area contributed by atoms with E-state index in [0.717, 1.165) is 22.4 Å². The molecule has 2 aromatic rings. The summed E-state index contributed by atoms with van der Waals surface area (Å²) in [5, 5.41) is 7.57. The number of nitrogens with two attached hydrogens (primary N) is 1. The lowest BCUT2D eigenvalue weighted by Crippen LogP contribution is -2.30. The fourth-order valence-corrected chi connectivity index (χ4v) is 2.34. The van der Waals surface area contributed by atoms with Gasteiger partial charge in [-0.25, -0.2) is 4.68 Å². The fourth-order valence-electron chi connectivity index (χ4n) is 2.34. The van der Waals surface area contributed by atoms with Crippen LogP contribution in [0.4, 0.5) is 0 Å². The molecule has 0 saturated heterocycles. The quantitative estimate of drug-likeness (QED) is 0.848. The Bertz CT molecular complexity index is 680. The molecule has 0 atom stereocenters. The highest BCUT2D eigenvalue weighted by molar-refractivity contribution is 5.85. The molecule has 2 rings (SSSR count).